The number of benzene rings is 1. The number of nitrogens with two attached hydrogens (primary N) is 1. The van der Waals surface area contributed by atoms with Crippen LogP contribution in [-0.2, 0) is 4.74 Å². The molecule has 2 rings (SSSR count). The highest BCUT2D eigenvalue weighted by atomic mass is 16.5. The number of rotatable bonds is 4. The maximum absolute atomic E-state index is 11.9. The predicted molar refractivity (Wildman–Crippen MR) is 70.3 cm³/mol. The van der Waals surface area contributed by atoms with Crippen molar-refractivity contribution in [3.05, 3.63) is 29.3 Å². The Labute approximate surface area is 107 Å². The first kappa shape index (κ1) is 12.9. The van der Waals surface area contributed by atoms with Gasteiger partial charge in [0, 0.05) is 18.7 Å². The summed E-state index contributed by atoms with van der Waals surface area (Å²) in [7, 11) is 0. The van der Waals surface area contributed by atoms with Crippen molar-refractivity contribution in [2.24, 2.45) is 5.84 Å². The number of hydrogen-bond acceptors (Lipinski definition) is 4. The number of carbonyl (C=O) groups is 1. The molecule has 5 nitrogen and oxygen atoms in total. The first-order valence-corrected chi connectivity index (χ1v) is 6.18. The summed E-state index contributed by atoms with van der Waals surface area (Å²) in [5, 5.41) is 2.89. The lowest BCUT2D eigenvalue weighted by molar-refractivity contribution is 0.0857. The zero-order valence-corrected chi connectivity index (χ0v) is 10.5. The van der Waals surface area contributed by atoms with Crippen LogP contribution in [0.3, 0.4) is 0 Å². The fourth-order valence-electron chi connectivity index (χ4n) is 2.08. The van der Waals surface area contributed by atoms with E-state index in [-0.39, 0.29) is 12.0 Å². The molecule has 5 heteroatoms. The number of hydrazine groups is 1. The highest BCUT2D eigenvalue weighted by Gasteiger charge is 2.16. The minimum absolute atomic E-state index is 0.0721. The summed E-state index contributed by atoms with van der Waals surface area (Å²) in [6.45, 7) is 3.29. The molecule has 4 N–H and O–H groups in total. The number of nitrogen functional groups attached to an aromatic ring is 1. The van der Waals surface area contributed by atoms with Crippen molar-refractivity contribution >= 4 is 11.6 Å². The predicted octanol–water partition coefficient (Wildman–Crippen LogP) is 1.19. The lowest BCUT2D eigenvalue weighted by Crippen LogP contribution is -2.31. The van der Waals surface area contributed by atoms with Gasteiger partial charge in [-0.3, -0.25) is 10.6 Å². The zero-order valence-electron chi connectivity index (χ0n) is 10.5. The van der Waals surface area contributed by atoms with Crippen molar-refractivity contribution in [2.45, 2.75) is 25.9 Å². The van der Waals surface area contributed by atoms with Gasteiger partial charge in [-0.15, -0.1) is 0 Å². The van der Waals surface area contributed by atoms with Crippen molar-refractivity contribution < 1.29 is 9.53 Å². The lowest BCUT2D eigenvalue weighted by atomic mass is 10.1. The Morgan fingerprint density at radius 2 is 2.39 bits per heavy atom. The maximum atomic E-state index is 11.9. The van der Waals surface area contributed by atoms with E-state index in [0.29, 0.717) is 12.1 Å². The average molecular weight is 249 g/mol. The van der Waals surface area contributed by atoms with Crippen molar-refractivity contribution in [1.82, 2.24) is 5.32 Å². The Morgan fingerprint density at radius 1 is 1.56 bits per heavy atom. The molecule has 0 spiro atoms. The first-order valence-electron chi connectivity index (χ1n) is 6.18. The highest BCUT2D eigenvalue weighted by Crippen LogP contribution is 2.15. The molecule has 0 aromatic heterocycles. The fourth-order valence-corrected chi connectivity index (χ4v) is 2.08. The number of amides is 1. The monoisotopic (exact) mass is 249 g/mol. The number of carbonyl (C=O) groups excluding carboxylic acids is 1. The van der Waals surface area contributed by atoms with Gasteiger partial charge in [-0.1, -0.05) is 0 Å². The molecule has 18 heavy (non-hydrogen) atoms. The molecule has 1 atom stereocenters. The number of anilines is 1. The third kappa shape index (κ3) is 3.00. The van der Waals surface area contributed by atoms with Gasteiger partial charge in [0.05, 0.1) is 11.8 Å². The van der Waals surface area contributed by atoms with Crippen LogP contribution in [0.25, 0.3) is 0 Å². The van der Waals surface area contributed by atoms with Gasteiger partial charge >= 0.3 is 0 Å². The molecule has 1 saturated heterocycles. The second-order valence-corrected chi connectivity index (χ2v) is 4.52. The molecule has 1 fully saturated rings. The SMILES string of the molecule is Cc1cc(C(=O)NCC2CCCO2)ccc1NN. The molecule has 1 aromatic rings. The Hall–Kier alpha value is -1.59. The minimum atomic E-state index is -0.0721. The molecule has 0 radical (unpaired) electrons. The first-order chi connectivity index (χ1) is 8.70. The van der Waals surface area contributed by atoms with Gasteiger partial charge in [-0.2, -0.15) is 0 Å². The number of aryl methyl sites for hydroxylation is 1. The summed E-state index contributed by atoms with van der Waals surface area (Å²) >= 11 is 0. The largest absolute Gasteiger partial charge is 0.376 e. The summed E-state index contributed by atoms with van der Waals surface area (Å²) in [6.07, 6.45) is 2.27. The van der Waals surface area contributed by atoms with Crippen LogP contribution in [0.5, 0.6) is 0 Å². The lowest BCUT2D eigenvalue weighted by Gasteiger charge is -2.12. The van der Waals surface area contributed by atoms with Crippen molar-refractivity contribution in [3.63, 3.8) is 0 Å². The summed E-state index contributed by atoms with van der Waals surface area (Å²) < 4.78 is 5.46. The third-order valence-electron chi connectivity index (χ3n) is 3.16. The van der Waals surface area contributed by atoms with Crippen LogP contribution >= 0.6 is 0 Å². The van der Waals surface area contributed by atoms with E-state index in [1.165, 1.54) is 0 Å². The number of nitrogens with one attached hydrogen (secondary N) is 2. The molecule has 0 aliphatic carbocycles. The van der Waals surface area contributed by atoms with E-state index in [4.69, 9.17) is 10.6 Å². The van der Waals surface area contributed by atoms with E-state index < -0.39 is 0 Å². The number of ether oxygens (including phenoxy) is 1. The standard InChI is InChI=1S/C13H19N3O2/c1-9-7-10(4-5-12(9)16-14)13(17)15-8-11-3-2-6-18-11/h4-5,7,11,16H,2-3,6,8,14H2,1H3,(H,15,17). The van der Waals surface area contributed by atoms with E-state index in [1.807, 2.05) is 13.0 Å². The second-order valence-electron chi connectivity index (χ2n) is 4.52. The Morgan fingerprint density at radius 3 is 3.00 bits per heavy atom. The Bertz CT molecular complexity index is 428. The van der Waals surface area contributed by atoms with Crippen LogP contribution < -0.4 is 16.6 Å². The average Bonchev–Trinajstić information content (AvgIpc) is 2.89. The van der Waals surface area contributed by atoms with Crippen LogP contribution in [0.2, 0.25) is 0 Å². The topological polar surface area (TPSA) is 76.4 Å². The van der Waals surface area contributed by atoms with Crippen LogP contribution in [0.4, 0.5) is 5.69 Å². The highest BCUT2D eigenvalue weighted by molar-refractivity contribution is 5.94. The molecule has 0 saturated carbocycles. The fraction of sp³-hybridized carbons (Fsp3) is 0.462. The summed E-state index contributed by atoms with van der Waals surface area (Å²) in [6, 6.07) is 5.38. The molecule has 98 valence electrons. The second kappa shape index (κ2) is 5.84. The minimum Gasteiger partial charge on any atom is -0.376 e. The molecule has 1 heterocycles. The van der Waals surface area contributed by atoms with E-state index >= 15 is 0 Å². The van der Waals surface area contributed by atoms with Crippen LogP contribution in [0, 0.1) is 6.92 Å². The van der Waals surface area contributed by atoms with Crippen LogP contribution in [0.1, 0.15) is 28.8 Å². The zero-order chi connectivity index (χ0) is 13.0. The van der Waals surface area contributed by atoms with Crippen molar-refractivity contribution in [1.29, 1.82) is 0 Å². The molecule has 1 aromatic carbocycles. The van der Waals surface area contributed by atoms with E-state index in [9.17, 15) is 4.79 Å². The van der Waals surface area contributed by atoms with Crippen molar-refractivity contribution in [2.75, 3.05) is 18.6 Å². The maximum Gasteiger partial charge on any atom is 0.251 e. The summed E-state index contributed by atoms with van der Waals surface area (Å²) in [5.41, 5.74) is 5.00. The molecule has 0 bridgehead atoms. The third-order valence-corrected chi connectivity index (χ3v) is 3.16. The van der Waals surface area contributed by atoms with Gasteiger partial charge in [0.15, 0.2) is 0 Å². The smallest absolute Gasteiger partial charge is 0.251 e. The number of hydrogen-bond donors (Lipinski definition) is 3. The van der Waals surface area contributed by atoms with Gasteiger partial charge in [0.2, 0.25) is 0 Å². The summed E-state index contributed by atoms with van der Waals surface area (Å²) in [5.74, 6) is 5.28. The van der Waals surface area contributed by atoms with Gasteiger partial charge in [0.25, 0.3) is 5.91 Å². The van der Waals surface area contributed by atoms with Gasteiger partial charge in [-0.05, 0) is 43.5 Å². The van der Waals surface area contributed by atoms with Crippen LogP contribution in [0.15, 0.2) is 18.2 Å². The van der Waals surface area contributed by atoms with E-state index in [2.05, 4.69) is 10.7 Å². The molecule has 1 aliphatic heterocycles. The van der Waals surface area contributed by atoms with Gasteiger partial charge < -0.3 is 15.5 Å². The molecular weight excluding hydrogens is 230 g/mol. The normalized spacial score (nSPS) is 18.7. The molecular formula is C13H19N3O2. The van der Waals surface area contributed by atoms with Crippen molar-refractivity contribution in [3.8, 4) is 0 Å². The Balaban J connectivity index is 1.93. The molecule has 1 unspecified atom stereocenters. The van der Waals surface area contributed by atoms with Crippen LogP contribution in [-0.4, -0.2) is 25.2 Å². The quantitative estimate of drug-likeness (QED) is 0.553. The van der Waals surface area contributed by atoms with E-state index in [1.54, 1.807) is 12.1 Å². The van der Waals surface area contributed by atoms with Gasteiger partial charge in [-0.25, -0.2) is 0 Å². The van der Waals surface area contributed by atoms with Gasteiger partial charge in [0.1, 0.15) is 0 Å². The summed E-state index contributed by atoms with van der Waals surface area (Å²) in [4.78, 5) is 11.9. The molecule has 1 amide bonds. The Kier molecular flexibility index (Phi) is 4.17. The van der Waals surface area contributed by atoms with E-state index in [0.717, 1.165) is 30.7 Å². The molecule has 1 aliphatic rings.